The van der Waals surface area contributed by atoms with Gasteiger partial charge in [0.2, 0.25) is 10.0 Å². The molecule has 1 aliphatic rings. The highest BCUT2D eigenvalue weighted by Crippen LogP contribution is 2.14. The van der Waals surface area contributed by atoms with Crippen LogP contribution in [0.4, 0.5) is 0 Å². The van der Waals surface area contributed by atoms with Gasteiger partial charge in [-0.3, -0.25) is 0 Å². The summed E-state index contributed by atoms with van der Waals surface area (Å²) in [4.78, 5) is 2.22. The Balaban J connectivity index is 2.36. The highest BCUT2D eigenvalue weighted by atomic mass is 79.9. The first-order valence-electron chi connectivity index (χ1n) is 4.79. The monoisotopic (exact) mass is 284 g/mol. The molecule has 0 saturated carbocycles. The van der Waals surface area contributed by atoms with Crippen molar-refractivity contribution in [2.45, 2.75) is 25.3 Å². The minimum absolute atomic E-state index is 0.0174. The third-order valence-electron chi connectivity index (χ3n) is 2.60. The lowest BCUT2D eigenvalue weighted by Crippen LogP contribution is -2.44. The molecule has 0 amide bonds. The number of hydrogen-bond acceptors (Lipinski definition) is 3. The maximum Gasteiger partial charge on any atom is 0.221 e. The fourth-order valence-corrected chi connectivity index (χ4v) is 2.67. The molecule has 0 aromatic heterocycles. The van der Waals surface area contributed by atoms with Gasteiger partial charge in [0, 0.05) is 12.6 Å². The van der Waals surface area contributed by atoms with Crippen molar-refractivity contribution in [2.24, 2.45) is 0 Å². The lowest BCUT2D eigenvalue weighted by atomic mass is 10.0. The molecule has 1 unspecified atom stereocenters. The second kappa shape index (κ2) is 5.44. The van der Waals surface area contributed by atoms with Gasteiger partial charge in [0.15, 0.2) is 0 Å². The van der Waals surface area contributed by atoms with Crippen molar-refractivity contribution in [3.05, 3.63) is 0 Å². The van der Waals surface area contributed by atoms with Gasteiger partial charge in [-0.05, 0) is 26.4 Å². The summed E-state index contributed by atoms with van der Waals surface area (Å²) in [5.74, 6) is 0. The zero-order valence-corrected chi connectivity index (χ0v) is 10.8. The van der Waals surface area contributed by atoms with E-state index in [4.69, 9.17) is 0 Å². The second-order valence-electron chi connectivity index (χ2n) is 3.70. The first kappa shape index (κ1) is 12.4. The Hall–Kier alpha value is 0.350. The number of halogens is 1. The van der Waals surface area contributed by atoms with E-state index in [1.165, 1.54) is 12.8 Å². The zero-order chi connectivity index (χ0) is 10.6. The van der Waals surface area contributed by atoms with E-state index in [2.05, 4.69) is 25.6 Å². The molecule has 1 saturated heterocycles. The lowest BCUT2D eigenvalue weighted by molar-refractivity contribution is 0.187. The summed E-state index contributed by atoms with van der Waals surface area (Å²) >= 11 is 2.95. The molecule has 0 radical (unpaired) electrons. The van der Waals surface area contributed by atoms with Gasteiger partial charge in [-0.15, -0.1) is 0 Å². The van der Waals surface area contributed by atoms with E-state index >= 15 is 0 Å². The average Bonchev–Trinajstić information content (AvgIpc) is 2.17. The van der Waals surface area contributed by atoms with Crippen LogP contribution in [0.3, 0.4) is 0 Å². The molecule has 4 nitrogen and oxygen atoms in total. The number of likely N-dealkylation sites (N-methyl/N-ethyl adjacent to an activating group) is 1. The summed E-state index contributed by atoms with van der Waals surface area (Å²) < 4.78 is 24.9. The van der Waals surface area contributed by atoms with Crippen molar-refractivity contribution < 1.29 is 8.42 Å². The van der Waals surface area contributed by atoms with E-state index in [0.717, 1.165) is 13.0 Å². The number of nitrogens with zero attached hydrogens (tertiary/aromatic N) is 1. The van der Waals surface area contributed by atoms with Crippen LogP contribution in [0.2, 0.25) is 0 Å². The van der Waals surface area contributed by atoms with Crippen molar-refractivity contribution in [1.82, 2.24) is 9.62 Å². The third-order valence-corrected chi connectivity index (χ3v) is 5.31. The summed E-state index contributed by atoms with van der Waals surface area (Å²) in [5, 5.41) is 0. The standard InChI is InChI=1S/C8H17BrN2O2S/c1-11-5-3-2-4-8(11)6-10-14(12,13)7-9/h8,10H,2-7H2,1H3. The number of likely N-dealkylation sites (tertiary alicyclic amines) is 1. The van der Waals surface area contributed by atoms with Crippen molar-refractivity contribution >= 4 is 26.0 Å². The lowest BCUT2D eigenvalue weighted by Gasteiger charge is -2.32. The summed E-state index contributed by atoms with van der Waals surface area (Å²) in [6, 6.07) is 0.359. The molecule has 6 heteroatoms. The van der Waals surface area contributed by atoms with E-state index in [-0.39, 0.29) is 4.66 Å². The van der Waals surface area contributed by atoms with E-state index in [0.29, 0.717) is 12.6 Å². The van der Waals surface area contributed by atoms with E-state index in [1.807, 2.05) is 7.05 Å². The van der Waals surface area contributed by atoms with Crippen LogP contribution in [0, 0.1) is 0 Å². The minimum atomic E-state index is -3.10. The Labute approximate surface area is 94.2 Å². The van der Waals surface area contributed by atoms with Crippen LogP contribution < -0.4 is 4.72 Å². The number of sulfonamides is 1. The molecule has 1 aliphatic heterocycles. The Kier molecular flexibility index (Phi) is 4.82. The van der Waals surface area contributed by atoms with Gasteiger partial charge < -0.3 is 4.90 Å². The molecule has 0 spiro atoms. The number of hydrogen-bond donors (Lipinski definition) is 1. The van der Waals surface area contributed by atoms with Gasteiger partial charge in [-0.2, -0.15) is 0 Å². The van der Waals surface area contributed by atoms with Crippen LogP contribution in [0.1, 0.15) is 19.3 Å². The molecule has 14 heavy (non-hydrogen) atoms. The smallest absolute Gasteiger partial charge is 0.221 e. The number of alkyl halides is 1. The Morgan fingerprint density at radius 1 is 1.50 bits per heavy atom. The summed E-state index contributed by atoms with van der Waals surface area (Å²) in [5.41, 5.74) is 0. The van der Waals surface area contributed by atoms with Crippen LogP contribution in [-0.4, -0.2) is 44.2 Å². The van der Waals surface area contributed by atoms with Gasteiger partial charge >= 0.3 is 0 Å². The first-order chi connectivity index (χ1) is 6.55. The van der Waals surface area contributed by atoms with Crippen LogP contribution in [0.5, 0.6) is 0 Å². The molecular formula is C8H17BrN2O2S. The van der Waals surface area contributed by atoms with Gasteiger partial charge in [0.1, 0.15) is 4.66 Å². The molecule has 0 aromatic carbocycles. The van der Waals surface area contributed by atoms with Crippen molar-refractivity contribution in [3.8, 4) is 0 Å². The van der Waals surface area contributed by atoms with Gasteiger partial charge in [0.05, 0.1) is 0 Å². The maximum atomic E-state index is 11.2. The molecule has 1 heterocycles. The molecule has 84 valence electrons. The highest BCUT2D eigenvalue weighted by molar-refractivity contribution is 9.10. The number of rotatable bonds is 4. The number of nitrogens with one attached hydrogen (secondary N) is 1. The molecule has 0 aromatic rings. The quantitative estimate of drug-likeness (QED) is 0.775. The molecule has 1 atom stereocenters. The van der Waals surface area contributed by atoms with Crippen molar-refractivity contribution in [1.29, 1.82) is 0 Å². The maximum absolute atomic E-state index is 11.2. The molecule has 0 aliphatic carbocycles. The van der Waals surface area contributed by atoms with Gasteiger partial charge in [-0.25, -0.2) is 13.1 Å². The minimum Gasteiger partial charge on any atom is -0.302 e. The fourth-order valence-electron chi connectivity index (χ4n) is 1.66. The van der Waals surface area contributed by atoms with Crippen LogP contribution in [0.15, 0.2) is 0 Å². The topological polar surface area (TPSA) is 49.4 Å². The predicted octanol–water partition coefficient (Wildman–Crippen LogP) is 0.743. The van der Waals surface area contributed by atoms with E-state index in [9.17, 15) is 8.42 Å². The SMILES string of the molecule is CN1CCCCC1CNS(=O)(=O)CBr. The van der Waals surface area contributed by atoms with Crippen LogP contribution in [-0.2, 0) is 10.0 Å². The molecule has 0 bridgehead atoms. The van der Waals surface area contributed by atoms with Crippen LogP contribution >= 0.6 is 15.9 Å². The van der Waals surface area contributed by atoms with Crippen molar-refractivity contribution in [2.75, 3.05) is 24.8 Å². The highest BCUT2D eigenvalue weighted by Gasteiger charge is 2.20. The van der Waals surface area contributed by atoms with Gasteiger partial charge in [0.25, 0.3) is 0 Å². The second-order valence-corrected chi connectivity index (χ2v) is 6.81. The molecule has 1 fully saturated rings. The van der Waals surface area contributed by atoms with E-state index in [1.54, 1.807) is 0 Å². The summed E-state index contributed by atoms with van der Waals surface area (Å²) in [6.45, 7) is 1.60. The molecule has 1 rings (SSSR count). The zero-order valence-electron chi connectivity index (χ0n) is 8.37. The van der Waals surface area contributed by atoms with Crippen molar-refractivity contribution in [3.63, 3.8) is 0 Å². The Bertz CT molecular complexity index is 269. The van der Waals surface area contributed by atoms with E-state index < -0.39 is 10.0 Å². The third kappa shape index (κ3) is 3.84. The summed E-state index contributed by atoms with van der Waals surface area (Å²) in [6.07, 6.45) is 3.50. The predicted molar refractivity (Wildman–Crippen MR) is 61.0 cm³/mol. The van der Waals surface area contributed by atoms with Crippen LogP contribution in [0.25, 0.3) is 0 Å². The normalized spacial score (nSPS) is 25.1. The Morgan fingerprint density at radius 2 is 2.21 bits per heavy atom. The molecule has 1 N–H and O–H groups in total. The fraction of sp³-hybridized carbons (Fsp3) is 1.00. The Morgan fingerprint density at radius 3 is 2.79 bits per heavy atom. The summed E-state index contributed by atoms with van der Waals surface area (Å²) in [7, 11) is -1.05. The first-order valence-corrected chi connectivity index (χ1v) is 7.56. The largest absolute Gasteiger partial charge is 0.302 e. The number of piperidine rings is 1. The average molecular weight is 285 g/mol. The van der Waals surface area contributed by atoms with Gasteiger partial charge in [-0.1, -0.05) is 22.4 Å². The molecular weight excluding hydrogens is 268 g/mol.